The topological polar surface area (TPSA) is 127 Å². The Kier molecular flexibility index (Phi) is 7.60. The Morgan fingerprint density at radius 3 is 2.61 bits per heavy atom. The van der Waals surface area contributed by atoms with Gasteiger partial charge in [0, 0.05) is 46.3 Å². The number of aliphatic hydroxyl groups is 1. The number of carbonyl (C=O) groups excluding carboxylic acids is 1. The largest absolute Gasteiger partial charge is 0.395 e. The number of hydrogen-bond donors (Lipinski definition) is 3. The Labute approximate surface area is 241 Å². The molecule has 1 saturated carbocycles. The maximum Gasteiger partial charge on any atom is 0.258 e. The molecule has 0 bridgehead atoms. The van der Waals surface area contributed by atoms with Crippen molar-refractivity contribution >= 4 is 38.9 Å². The number of anilines is 4. The summed E-state index contributed by atoms with van der Waals surface area (Å²) in [7, 11) is -1.76. The van der Waals surface area contributed by atoms with Crippen molar-refractivity contribution in [2.24, 2.45) is 5.41 Å². The number of nitrogens with one attached hydrogen (secondary N) is 2. The van der Waals surface area contributed by atoms with E-state index in [0.29, 0.717) is 29.1 Å². The minimum atomic E-state index is -3.83. The molecule has 0 radical (unpaired) electrons. The standard InChI is InChI=1S/C29H40N6O5S/c1-20-19-35(14-16-40-20)27-26-21(5-11-33(26)2)17-25(31-27)32-28(37)23-4-3-22(41(38,39)30-10-15-36)18-24(23)34-12-8-29(6-7-29)9-13-34/h3-4,17-18,20,30,36H,5-16,19H2,1-2H3,(H,31,32,37)/t20-/m0/s1. The summed E-state index contributed by atoms with van der Waals surface area (Å²) in [6.07, 6.45) is 5.53. The lowest BCUT2D eigenvalue weighted by molar-refractivity contribution is 0.0530. The highest BCUT2D eigenvalue weighted by atomic mass is 32.2. The van der Waals surface area contributed by atoms with E-state index in [2.05, 4.69) is 38.7 Å². The summed E-state index contributed by atoms with van der Waals surface area (Å²) < 4.78 is 33.9. The molecular weight excluding hydrogens is 544 g/mol. The first kappa shape index (κ1) is 28.2. The first-order valence-corrected chi connectivity index (χ1v) is 16.1. The van der Waals surface area contributed by atoms with Gasteiger partial charge < -0.3 is 29.9 Å². The van der Waals surface area contributed by atoms with Crippen LogP contribution in [0.4, 0.5) is 23.0 Å². The number of ether oxygens (including phenoxy) is 1. The van der Waals surface area contributed by atoms with Gasteiger partial charge in [-0.05, 0) is 74.3 Å². The van der Waals surface area contributed by atoms with Crippen LogP contribution in [0.2, 0.25) is 0 Å². The van der Waals surface area contributed by atoms with E-state index >= 15 is 0 Å². The lowest BCUT2D eigenvalue weighted by atomic mass is 9.93. The molecule has 1 aromatic carbocycles. The third kappa shape index (κ3) is 5.75. The quantitative estimate of drug-likeness (QED) is 0.428. The number of aromatic nitrogens is 1. The zero-order valence-corrected chi connectivity index (χ0v) is 24.7. The Morgan fingerprint density at radius 1 is 1.12 bits per heavy atom. The van der Waals surface area contributed by atoms with E-state index in [1.165, 1.54) is 18.9 Å². The molecule has 0 unspecified atom stereocenters. The van der Waals surface area contributed by atoms with Gasteiger partial charge in [-0.2, -0.15) is 0 Å². The molecule has 41 heavy (non-hydrogen) atoms. The molecule has 1 aliphatic carbocycles. The number of carbonyl (C=O) groups is 1. The van der Waals surface area contributed by atoms with Crippen LogP contribution in [0.25, 0.3) is 0 Å². The predicted octanol–water partition coefficient (Wildman–Crippen LogP) is 2.20. The molecule has 3 fully saturated rings. The molecule has 11 nitrogen and oxygen atoms in total. The fourth-order valence-electron chi connectivity index (χ4n) is 6.36. The third-order valence-electron chi connectivity index (χ3n) is 8.98. The molecule has 2 saturated heterocycles. The summed E-state index contributed by atoms with van der Waals surface area (Å²) in [4.78, 5) is 25.4. The number of piperidine rings is 1. The van der Waals surface area contributed by atoms with Crippen LogP contribution in [-0.2, 0) is 21.2 Å². The van der Waals surface area contributed by atoms with Crippen LogP contribution < -0.4 is 24.7 Å². The highest BCUT2D eigenvalue weighted by Gasteiger charge is 2.44. The Balaban J connectivity index is 1.32. The average molecular weight is 585 g/mol. The Morgan fingerprint density at radius 2 is 1.90 bits per heavy atom. The van der Waals surface area contributed by atoms with Gasteiger partial charge in [0.1, 0.15) is 5.82 Å². The van der Waals surface area contributed by atoms with Gasteiger partial charge in [0.15, 0.2) is 5.82 Å². The number of aliphatic hydroxyl groups excluding tert-OH is 1. The molecule has 1 amide bonds. The first-order chi connectivity index (χ1) is 19.7. The summed E-state index contributed by atoms with van der Waals surface area (Å²) in [5.41, 5.74) is 3.70. The number of benzene rings is 1. The van der Waals surface area contributed by atoms with Crippen LogP contribution in [0.5, 0.6) is 0 Å². The van der Waals surface area contributed by atoms with E-state index < -0.39 is 10.0 Å². The molecule has 12 heteroatoms. The third-order valence-corrected chi connectivity index (χ3v) is 10.4. The lowest BCUT2D eigenvalue weighted by Gasteiger charge is -2.35. The summed E-state index contributed by atoms with van der Waals surface area (Å²) in [6, 6.07) is 6.59. The van der Waals surface area contributed by atoms with Gasteiger partial charge in [-0.15, -0.1) is 0 Å². The molecule has 222 valence electrons. The molecule has 4 heterocycles. The first-order valence-electron chi connectivity index (χ1n) is 14.6. The van der Waals surface area contributed by atoms with Crippen LogP contribution in [0, 0.1) is 5.41 Å². The van der Waals surface area contributed by atoms with Gasteiger partial charge in [0.25, 0.3) is 5.91 Å². The highest BCUT2D eigenvalue weighted by Crippen LogP contribution is 2.54. The van der Waals surface area contributed by atoms with Crippen molar-refractivity contribution in [3.63, 3.8) is 0 Å². The average Bonchev–Trinajstić information content (AvgIpc) is 3.62. The van der Waals surface area contributed by atoms with Crippen molar-refractivity contribution in [3.05, 3.63) is 35.4 Å². The van der Waals surface area contributed by atoms with E-state index in [-0.39, 0.29) is 30.1 Å². The molecule has 3 aliphatic heterocycles. The number of rotatable bonds is 8. The normalized spacial score (nSPS) is 21.7. The second kappa shape index (κ2) is 11.0. The summed E-state index contributed by atoms with van der Waals surface area (Å²) >= 11 is 0. The number of amides is 1. The molecule has 3 N–H and O–H groups in total. The maximum atomic E-state index is 13.8. The molecule has 1 spiro atoms. The molecule has 4 aliphatic rings. The van der Waals surface area contributed by atoms with Crippen LogP contribution in [0.15, 0.2) is 29.2 Å². The Bertz CT molecular complexity index is 1420. The molecular formula is C29H40N6O5S. The zero-order chi connectivity index (χ0) is 28.8. The number of nitrogens with zero attached hydrogens (tertiary/aromatic N) is 4. The molecule has 6 rings (SSSR count). The van der Waals surface area contributed by atoms with Crippen LogP contribution in [0.3, 0.4) is 0 Å². The van der Waals surface area contributed by atoms with E-state index in [1.807, 2.05) is 6.07 Å². The lowest BCUT2D eigenvalue weighted by Crippen LogP contribution is -2.42. The molecule has 2 aromatic rings. The van der Waals surface area contributed by atoms with Crippen molar-refractivity contribution in [1.82, 2.24) is 9.71 Å². The van der Waals surface area contributed by atoms with Crippen LogP contribution >= 0.6 is 0 Å². The Hall–Kier alpha value is -2.93. The second-order valence-corrected chi connectivity index (χ2v) is 13.6. The number of pyridine rings is 1. The van der Waals surface area contributed by atoms with E-state index in [9.17, 15) is 13.2 Å². The van der Waals surface area contributed by atoms with Crippen molar-refractivity contribution in [2.45, 2.75) is 50.0 Å². The van der Waals surface area contributed by atoms with Gasteiger partial charge in [-0.3, -0.25) is 4.79 Å². The van der Waals surface area contributed by atoms with Gasteiger partial charge >= 0.3 is 0 Å². The smallest absolute Gasteiger partial charge is 0.258 e. The fraction of sp³-hybridized carbons (Fsp3) is 0.586. The predicted molar refractivity (Wildman–Crippen MR) is 159 cm³/mol. The number of hydrogen-bond acceptors (Lipinski definition) is 9. The van der Waals surface area contributed by atoms with E-state index in [0.717, 1.165) is 69.1 Å². The summed E-state index contributed by atoms with van der Waals surface area (Å²) in [5, 5.41) is 12.2. The van der Waals surface area contributed by atoms with Crippen molar-refractivity contribution < 1.29 is 23.1 Å². The van der Waals surface area contributed by atoms with Crippen molar-refractivity contribution in [3.8, 4) is 0 Å². The SMILES string of the molecule is C[C@H]1CN(c2nc(NC(=O)c3ccc(S(=O)(=O)NCCO)cc3N3CCC4(CC3)CC4)cc3c2N(C)CC3)CCO1. The van der Waals surface area contributed by atoms with Crippen molar-refractivity contribution in [1.29, 1.82) is 0 Å². The summed E-state index contributed by atoms with van der Waals surface area (Å²) in [5.74, 6) is 1.02. The number of sulfonamides is 1. The molecule has 1 atom stereocenters. The molecule has 1 aromatic heterocycles. The zero-order valence-electron chi connectivity index (χ0n) is 23.9. The van der Waals surface area contributed by atoms with Gasteiger partial charge in [0.05, 0.1) is 41.2 Å². The van der Waals surface area contributed by atoms with Gasteiger partial charge in [0.2, 0.25) is 10.0 Å². The van der Waals surface area contributed by atoms with Crippen LogP contribution in [-0.4, -0.2) is 90.0 Å². The van der Waals surface area contributed by atoms with Crippen molar-refractivity contribution in [2.75, 3.05) is 79.5 Å². The number of fused-ring (bicyclic) bond motifs is 1. The fourth-order valence-corrected chi connectivity index (χ4v) is 7.40. The number of likely N-dealkylation sites (N-methyl/N-ethyl adjacent to an activating group) is 1. The van der Waals surface area contributed by atoms with Gasteiger partial charge in [-0.25, -0.2) is 18.1 Å². The minimum absolute atomic E-state index is 0.0738. The number of morpholine rings is 1. The minimum Gasteiger partial charge on any atom is -0.395 e. The van der Waals surface area contributed by atoms with E-state index in [1.54, 1.807) is 12.1 Å². The monoisotopic (exact) mass is 584 g/mol. The van der Waals surface area contributed by atoms with Gasteiger partial charge in [-0.1, -0.05) is 0 Å². The maximum absolute atomic E-state index is 13.8. The van der Waals surface area contributed by atoms with E-state index in [4.69, 9.17) is 14.8 Å². The van der Waals surface area contributed by atoms with Crippen LogP contribution in [0.1, 0.15) is 48.5 Å². The highest BCUT2D eigenvalue weighted by molar-refractivity contribution is 7.89. The summed E-state index contributed by atoms with van der Waals surface area (Å²) in [6.45, 7) is 6.21. The second-order valence-electron chi connectivity index (χ2n) is 11.9.